The van der Waals surface area contributed by atoms with Crippen LogP contribution in [0, 0.1) is 11.8 Å². The Morgan fingerprint density at radius 1 is 1.19 bits per heavy atom. The number of hydrogen-bond donors (Lipinski definition) is 1. The Morgan fingerprint density at radius 3 is 2.69 bits per heavy atom. The van der Waals surface area contributed by atoms with E-state index in [9.17, 15) is 18.0 Å². The van der Waals surface area contributed by atoms with Crippen molar-refractivity contribution in [2.75, 3.05) is 0 Å². The third-order valence-corrected chi connectivity index (χ3v) is 6.05. The fourth-order valence-corrected chi connectivity index (χ4v) is 4.50. The molecule has 0 radical (unpaired) electrons. The predicted octanol–water partition coefficient (Wildman–Crippen LogP) is 5.79. The van der Waals surface area contributed by atoms with Gasteiger partial charge in [0.05, 0.1) is 5.71 Å². The first-order valence-corrected chi connectivity index (χ1v) is 10.8. The largest absolute Gasteiger partial charge is 0.573 e. The molecule has 1 heterocycles. The molecule has 0 aromatic heterocycles. The summed E-state index contributed by atoms with van der Waals surface area (Å²) in [5, 5.41) is 7.81. The van der Waals surface area contributed by atoms with Gasteiger partial charge >= 0.3 is 6.36 Å². The van der Waals surface area contributed by atoms with Gasteiger partial charge in [-0.3, -0.25) is 4.79 Å². The van der Waals surface area contributed by atoms with Gasteiger partial charge in [0.15, 0.2) is 6.10 Å². The van der Waals surface area contributed by atoms with E-state index in [1.807, 2.05) is 18.2 Å². The van der Waals surface area contributed by atoms with Crippen LogP contribution in [0.4, 0.5) is 13.2 Å². The first-order chi connectivity index (χ1) is 15.3. The average molecular weight is 467 g/mol. The highest BCUT2D eigenvalue weighted by Gasteiger charge is 2.39. The third kappa shape index (κ3) is 5.54. The van der Waals surface area contributed by atoms with Crippen molar-refractivity contribution in [3.63, 3.8) is 0 Å². The Labute approximate surface area is 188 Å². The van der Waals surface area contributed by atoms with Crippen LogP contribution < -0.4 is 10.1 Å². The summed E-state index contributed by atoms with van der Waals surface area (Å²) in [6.07, 6.45) is -1.76. The van der Waals surface area contributed by atoms with Crippen LogP contribution in [0.3, 0.4) is 0 Å². The minimum Gasteiger partial charge on any atom is -0.406 e. The van der Waals surface area contributed by atoms with Crippen molar-refractivity contribution in [2.45, 2.75) is 44.7 Å². The van der Waals surface area contributed by atoms with Crippen LogP contribution in [-0.2, 0) is 16.2 Å². The summed E-state index contributed by atoms with van der Waals surface area (Å²) in [6.45, 7) is 0.225. The van der Waals surface area contributed by atoms with Crippen molar-refractivity contribution >= 4 is 23.2 Å². The quantitative estimate of drug-likeness (QED) is 0.586. The Kier molecular flexibility index (Phi) is 6.60. The zero-order valence-corrected chi connectivity index (χ0v) is 17.8. The molecule has 170 valence electrons. The van der Waals surface area contributed by atoms with Gasteiger partial charge in [-0.25, -0.2) is 0 Å². The summed E-state index contributed by atoms with van der Waals surface area (Å²) in [5.74, 6) is -0.570. The molecule has 0 spiro atoms. The van der Waals surface area contributed by atoms with Crippen molar-refractivity contribution < 1.29 is 27.5 Å². The molecular formula is C23H22ClF3N2O3. The van der Waals surface area contributed by atoms with Crippen molar-refractivity contribution in [3.8, 4) is 5.75 Å². The van der Waals surface area contributed by atoms with E-state index in [2.05, 4.69) is 15.2 Å². The molecule has 9 heteroatoms. The van der Waals surface area contributed by atoms with Gasteiger partial charge in [-0.1, -0.05) is 47.4 Å². The standard InChI is InChI=1S/C23H22ClF3N2O3/c24-16-4-1-3-15(11-16)21-12-20(29-32-21)18-5-2-6-19(18)22(30)28-13-14-7-9-17(10-8-14)31-23(25,26)27/h1,3-4,7-11,18-19,21H,2,5-6,12-13H2,(H,28,30). The molecule has 1 aliphatic carbocycles. The van der Waals surface area contributed by atoms with Gasteiger partial charge in [-0.2, -0.15) is 0 Å². The first-order valence-electron chi connectivity index (χ1n) is 10.4. The Morgan fingerprint density at radius 2 is 1.97 bits per heavy atom. The molecule has 1 fully saturated rings. The predicted molar refractivity (Wildman–Crippen MR) is 113 cm³/mol. The number of hydrogen-bond acceptors (Lipinski definition) is 4. The third-order valence-electron chi connectivity index (χ3n) is 5.82. The number of nitrogens with zero attached hydrogens (tertiary/aromatic N) is 1. The molecule has 32 heavy (non-hydrogen) atoms. The number of oxime groups is 1. The van der Waals surface area contributed by atoms with Crippen molar-refractivity contribution in [3.05, 3.63) is 64.7 Å². The van der Waals surface area contributed by atoms with Crippen LogP contribution in [0.5, 0.6) is 5.75 Å². The van der Waals surface area contributed by atoms with E-state index in [4.69, 9.17) is 16.4 Å². The van der Waals surface area contributed by atoms with Gasteiger partial charge in [0, 0.05) is 29.8 Å². The zero-order valence-electron chi connectivity index (χ0n) is 17.1. The van der Waals surface area contributed by atoms with Gasteiger partial charge in [0.25, 0.3) is 0 Å². The number of carbonyl (C=O) groups is 1. The summed E-state index contributed by atoms with van der Waals surface area (Å²) < 4.78 is 40.7. The number of ether oxygens (including phenoxy) is 1. The second-order valence-corrected chi connectivity index (χ2v) is 8.43. The van der Waals surface area contributed by atoms with E-state index in [0.717, 1.165) is 30.5 Å². The highest BCUT2D eigenvalue weighted by molar-refractivity contribution is 6.30. The lowest BCUT2D eigenvalue weighted by atomic mass is 9.87. The SMILES string of the molecule is O=C(NCc1ccc(OC(F)(F)F)cc1)C1CCCC1C1=NOC(c2cccc(Cl)c2)C1. The fraction of sp³-hybridized carbons (Fsp3) is 0.391. The minimum absolute atomic E-state index is 0.0155. The molecule has 3 atom stereocenters. The molecule has 2 aliphatic rings. The molecular weight excluding hydrogens is 445 g/mol. The van der Waals surface area contributed by atoms with Gasteiger partial charge in [-0.05, 0) is 48.2 Å². The molecule has 1 saturated carbocycles. The highest BCUT2D eigenvalue weighted by Crippen LogP contribution is 2.39. The van der Waals surface area contributed by atoms with Gasteiger partial charge in [-0.15, -0.1) is 13.2 Å². The second kappa shape index (κ2) is 9.40. The lowest BCUT2D eigenvalue weighted by Gasteiger charge is -2.19. The van der Waals surface area contributed by atoms with Crippen LogP contribution >= 0.6 is 11.6 Å². The lowest BCUT2D eigenvalue weighted by molar-refractivity contribution is -0.274. The normalized spacial score (nSPS) is 22.9. The lowest BCUT2D eigenvalue weighted by Crippen LogP contribution is -2.34. The smallest absolute Gasteiger partial charge is 0.406 e. The monoisotopic (exact) mass is 466 g/mol. The first kappa shape index (κ1) is 22.5. The maximum absolute atomic E-state index is 12.8. The maximum Gasteiger partial charge on any atom is 0.573 e. The summed E-state index contributed by atoms with van der Waals surface area (Å²) in [7, 11) is 0. The van der Waals surface area contributed by atoms with Crippen molar-refractivity contribution in [2.24, 2.45) is 17.0 Å². The zero-order chi connectivity index (χ0) is 22.7. The van der Waals surface area contributed by atoms with Crippen LogP contribution in [0.15, 0.2) is 53.7 Å². The Balaban J connectivity index is 1.32. The number of benzene rings is 2. The molecule has 1 N–H and O–H groups in total. The van der Waals surface area contributed by atoms with Crippen LogP contribution in [-0.4, -0.2) is 18.0 Å². The number of rotatable bonds is 6. The van der Waals surface area contributed by atoms with E-state index >= 15 is 0 Å². The maximum atomic E-state index is 12.8. The van der Waals surface area contributed by atoms with E-state index < -0.39 is 6.36 Å². The van der Waals surface area contributed by atoms with E-state index in [0.29, 0.717) is 17.0 Å². The molecule has 2 aromatic carbocycles. The Bertz CT molecular complexity index is 995. The molecule has 5 nitrogen and oxygen atoms in total. The molecule has 1 amide bonds. The average Bonchev–Trinajstić information content (AvgIpc) is 3.41. The fourth-order valence-electron chi connectivity index (χ4n) is 4.30. The number of halogens is 4. The van der Waals surface area contributed by atoms with Crippen molar-refractivity contribution in [1.82, 2.24) is 5.32 Å². The topological polar surface area (TPSA) is 59.9 Å². The summed E-state index contributed by atoms with van der Waals surface area (Å²) in [4.78, 5) is 18.5. The summed E-state index contributed by atoms with van der Waals surface area (Å²) >= 11 is 6.07. The van der Waals surface area contributed by atoms with Crippen LogP contribution in [0.2, 0.25) is 5.02 Å². The summed E-state index contributed by atoms with van der Waals surface area (Å²) in [6, 6.07) is 12.9. The Hall–Kier alpha value is -2.74. The molecule has 3 unspecified atom stereocenters. The van der Waals surface area contributed by atoms with Crippen LogP contribution in [0.1, 0.15) is 42.9 Å². The highest BCUT2D eigenvalue weighted by atomic mass is 35.5. The van der Waals surface area contributed by atoms with E-state index in [1.165, 1.54) is 24.3 Å². The van der Waals surface area contributed by atoms with Gasteiger partial charge < -0.3 is 14.9 Å². The van der Waals surface area contributed by atoms with E-state index in [-0.39, 0.29) is 36.1 Å². The number of amides is 1. The molecule has 0 saturated heterocycles. The summed E-state index contributed by atoms with van der Waals surface area (Å²) in [5.41, 5.74) is 2.53. The molecule has 2 aromatic rings. The van der Waals surface area contributed by atoms with E-state index in [1.54, 1.807) is 6.07 Å². The number of alkyl halides is 3. The second-order valence-electron chi connectivity index (χ2n) is 7.99. The van der Waals surface area contributed by atoms with Gasteiger partial charge in [0.1, 0.15) is 5.75 Å². The molecule has 0 bridgehead atoms. The number of carbonyl (C=O) groups excluding carboxylic acids is 1. The minimum atomic E-state index is -4.73. The van der Waals surface area contributed by atoms with Gasteiger partial charge in [0.2, 0.25) is 5.91 Å². The van der Waals surface area contributed by atoms with Crippen LogP contribution in [0.25, 0.3) is 0 Å². The molecule has 1 aliphatic heterocycles. The van der Waals surface area contributed by atoms with Crippen molar-refractivity contribution in [1.29, 1.82) is 0 Å². The number of nitrogens with one attached hydrogen (secondary N) is 1. The molecule has 4 rings (SSSR count).